The summed E-state index contributed by atoms with van der Waals surface area (Å²) < 4.78 is 6.25. The SMILES string of the molecule is Cc1ncc([C@@H]2[C@@H](C(=O)Nc3ccc(Cl)c(Cl)c3)[C@@H]3O[C@H]2C2C(C)C23)cn1. The van der Waals surface area contributed by atoms with Crippen LogP contribution in [0.25, 0.3) is 0 Å². The molecule has 140 valence electrons. The number of carbonyl (C=O) groups excluding carboxylic acids is 1. The van der Waals surface area contributed by atoms with Gasteiger partial charge >= 0.3 is 0 Å². The lowest BCUT2D eigenvalue weighted by Crippen LogP contribution is -2.37. The molecule has 1 saturated carbocycles. The van der Waals surface area contributed by atoms with Crippen LogP contribution in [0, 0.1) is 30.6 Å². The molecule has 2 aliphatic heterocycles. The molecule has 2 aromatic rings. The molecule has 3 unspecified atom stereocenters. The van der Waals surface area contributed by atoms with Crippen LogP contribution >= 0.6 is 23.2 Å². The number of nitrogens with one attached hydrogen (secondary N) is 1. The van der Waals surface area contributed by atoms with E-state index in [1.54, 1.807) is 18.2 Å². The molecule has 5 nitrogen and oxygen atoms in total. The number of hydrogen-bond donors (Lipinski definition) is 1. The van der Waals surface area contributed by atoms with Gasteiger partial charge < -0.3 is 10.1 Å². The van der Waals surface area contributed by atoms with Crippen LogP contribution in [0.1, 0.15) is 24.2 Å². The summed E-state index contributed by atoms with van der Waals surface area (Å²) in [7, 11) is 0. The van der Waals surface area contributed by atoms with Crippen molar-refractivity contribution in [1.29, 1.82) is 0 Å². The minimum atomic E-state index is -0.262. The van der Waals surface area contributed by atoms with Gasteiger partial charge in [0.05, 0.1) is 28.2 Å². The largest absolute Gasteiger partial charge is 0.373 e. The normalized spacial score (nSPS) is 35.8. The zero-order valence-electron chi connectivity index (χ0n) is 14.9. The number of halogens is 2. The first-order chi connectivity index (χ1) is 13.0. The second kappa shape index (κ2) is 6.16. The molecule has 1 aliphatic carbocycles. The van der Waals surface area contributed by atoms with Crippen molar-refractivity contribution in [3.8, 4) is 0 Å². The lowest BCUT2D eigenvalue weighted by atomic mass is 9.75. The van der Waals surface area contributed by atoms with Crippen molar-refractivity contribution in [1.82, 2.24) is 9.97 Å². The number of ether oxygens (including phenoxy) is 1. The number of anilines is 1. The fourth-order valence-corrected chi connectivity index (χ4v) is 5.36. The second-order valence-electron chi connectivity index (χ2n) is 7.81. The van der Waals surface area contributed by atoms with Crippen molar-refractivity contribution >= 4 is 34.8 Å². The highest BCUT2D eigenvalue weighted by Crippen LogP contribution is 2.68. The Labute approximate surface area is 167 Å². The minimum Gasteiger partial charge on any atom is -0.373 e. The van der Waals surface area contributed by atoms with Gasteiger partial charge in [0.25, 0.3) is 0 Å². The molecule has 1 aromatic heterocycles. The number of rotatable bonds is 3. The third-order valence-electron chi connectivity index (χ3n) is 6.36. The average Bonchev–Trinajstić information content (AvgIpc) is 3.01. The van der Waals surface area contributed by atoms with Gasteiger partial charge in [-0.3, -0.25) is 4.79 Å². The van der Waals surface area contributed by atoms with Gasteiger partial charge in [0.15, 0.2) is 0 Å². The Hall–Kier alpha value is -1.69. The van der Waals surface area contributed by atoms with Gasteiger partial charge in [-0.2, -0.15) is 0 Å². The number of carbonyl (C=O) groups is 1. The van der Waals surface area contributed by atoms with Crippen molar-refractivity contribution in [3.63, 3.8) is 0 Å². The Morgan fingerprint density at radius 2 is 1.81 bits per heavy atom. The van der Waals surface area contributed by atoms with Gasteiger partial charge in [-0.05, 0) is 48.4 Å². The standard InChI is InChI=1S/C20H19Cl2N3O2/c1-8-14-15(8)19-17(20(26)25-11-3-4-12(21)13(22)5-11)16(18(14)27-19)10-6-23-9(2)24-7-10/h3-8,14-19H,1-2H3,(H,25,26)/t8?,14?,15?,16-,17-,18+,19-/m1/s1. The Bertz CT molecular complexity index is 920. The van der Waals surface area contributed by atoms with E-state index < -0.39 is 0 Å². The number of aromatic nitrogens is 2. The predicted molar refractivity (Wildman–Crippen MR) is 103 cm³/mol. The first-order valence-corrected chi connectivity index (χ1v) is 9.91. The van der Waals surface area contributed by atoms with Gasteiger partial charge in [0.1, 0.15) is 5.82 Å². The number of amides is 1. The average molecular weight is 404 g/mol. The maximum Gasteiger partial charge on any atom is 0.230 e. The van der Waals surface area contributed by atoms with E-state index in [-0.39, 0.29) is 30.0 Å². The zero-order valence-corrected chi connectivity index (χ0v) is 16.4. The first kappa shape index (κ1) is 17.4. The summed E-state index contributed by atoms with van der Waals surface area (Å²) in [5.74, 6) is 2.00. The van der Waals surface area contributed by atoms with Gasteiger partial charge in [0, 0.05) is 24.0 Å². The fraction of sp³-hybridized carbons (Fsp3) is 0.450. The molecule has 7 atom stereocenters. The Morgan fingerprint density at radius 1 is 1.11 bits per heavy atom. The number of hydrogen-bond acceptors (Lipinski definition) is 4. The quantitative estimate of drug-likeness (QED) is 0.837. The lowest BCUT2D eigenvalue weighted by molar-refractivity contribution is -0.122. The Kier molecular flexibility index (Phi) is 3.97. The van der Waals surface area contributed by atoms with E-state index in [4.69, 9.17) is 27.9 Å². The first-order valence-electron chi connectivity index (χ1n) is 9.15. The van der Waals surface area contributed by atoms with Gasteiger partial charge in [-0.25, -0.2) is 9.97 Å². The molecule has 7 heteroatoms. The summed E-state index contributed by atoms with van der Waals surface area (Å²) in [4.78, 5) is 21.9. The number of benzene rings is 1. The summed E-state index contributed by atoms with van der Waals surface area (Å²) in [6.45, 7) is 4.11. The summed E-state index contributed by atoms with van der Waals surface area (Å²) >= 11 is 12.1. The maximum atomic E-state index is 13.2. The number of nitrogens with zero attached hydrogens (tertiary/aromatic N) is 2. The third kappa shape index (κ3) is 2.67. The molecule has 3 aliphatic rings. The van der Waals surface area contributed by atoms with Gasteiger partial charge in [-0.1, -0.05) is 30.1 Å². The van der Waals surface area contributed by atoms with Crippen LogP contribution < -0.4 is 5.32 Å². The summed E-state index contributed by atoms with van der Waals surface area (Å²) in [6, 6.07) is 5.11. The predicted octanol–water partition coefficient (Wildman–Crippen LogP) is 4.09. The second-order valence-corrected chi connectivity index (χ2v) is 8.63. The molecule has 0 spiro atoms. The molecule has 27 heavy (non-hydrogen) atoms. The van der Waals surface area contributed by atoms with Gasteiger partial charge in [-0.15, -0.1) is 0 Å². The molecule has 3 fully saturated rings. The molecule has 1 aromatic carbocycles. The van der Waals surface area contributed by atoms with E-state index in [0.29, 0.717) is 33.5 Å². The topological polar surface area (TPSA) is 64.1 Å². The molecule has 1 N–H and O–H groups in total. The van der Waals surface area contributed by atoms with Crippen LogP contribution in [0.3, 0.4) is 0 Å². The molecular formula is C20H19Cl2N3O2. The van der Waals surface area contributed by atoms with Crippen molar-refractivity contribution < 1.29 is 9.53 Å². The van der Waals surface area contributed by atoms with Crippen LogP contribution in [0.4, 0.5) is 5.69 Å². The highest BCUT2D eigenvalue weighted by Gasteiger charge is 2.72. The van der Waals surface area contributed by atoms with E-state index in [1.807, 2.05) is 19.3 Å². The van der Waals surface area contributed by atoms with Crippen LogP contribution in [0.5, 0.6) is 0 Å². The minimum absolute atomic E-state index is 0.0235. The fourth-order valence-electron chi connectivity index (χ4n) is 5.07. The van der Waals surface area contributed by atoms with E-state index in [1.165, 1.54) is 0 Å². The van der Waals surface area contributed by atoms with E-state index in [0.717, 1.165) is 11.4 Å². The summed E-state index contributed by atoms with van der Waals surface area (Å²) in [5, 5.41) is 3.87. The van der Waals surface area contributed by atoms with E-state index >= 15 is 0 Å². The maximum absolute atomic E-state index is 13.2. The highest BCUT2D eigenvalue weighted by molar-refractivity contribution is 6.42. The summed E-state index contributed by atoms with van der Waals surface area (Å²) in [6.07, 6.45) is 3.67. The Balaban J connectivity index is 1.45. The van der Waals surface area contributed by atoms with Crippen molar-refractivity contribution in [3.05, 3.63) is 52.0 Å². The van der Waals surface area contributed by atoms with Crippen LogP contribution in [0.15, 0.2) is 30.6 Å². The van der Waals surface area contributed by atoms with Crippen molar-refractivity contribution in [2.24, 2.45) is 23.7 Å². The zero-order chi connectivity index (χ0) is 18.9. The molecule has 1 amide bonds. The monoisotopic (exact) mass is 403 g/mol. The van der Waals surface area contributed by atoms with Crippen LogP contribution in [-0.2, 0) is 9.53 Å². The van der Waals surface area contributed by atoms with Crippen molar-refractivity contribution in [2.45, 2.75) is 32.0 Å². The third-order valence-corrected chi connectivity index (χ3v) is 7.10. The van der Waals surface area contributed by atoms with Crippen molar-refractivity contribution in [2.75, 3.05) is 5.32 Å². The van der Waals surface area contributed by atoms with E-state index in [2.05, 4.69) is 22.2 Å². The number of fused-ring (bicyclic) bond motifs is 5. The lowest BCUT2D eigenvalue weighted by Gasteiger charge is -2.26. The van der Waals surface area contributed by atoms with Crippen LogP contribution in [0.2, 0.25) is 10.0 Å². The van der Waals surface area contributed by atoms with E-state index in [9.17, 15) is 4.79 Å². The molecule has 5 rings (SSSR count). The molecule has 2 saturated heterocycles. The molecular weight excluding hydrogens is 385 g/mol. The van der Waals surface area contributed by atoms with Gasteiger partial charge in [0.2, 0.25) is 5.91 Å². The number of aryl methyl sites for hydroxylation is 1. The Morgan fingerprint density at radius 3 is 2.52 bits per heavy atom. The summed E-state index contributed by atoms with van der Waals surface area (Å²) in [5.41, 5.74) is 1.61. The molecule has 3 heterocycles. The molecule has 0 radical (unpaired) electrons. The van der Waals surface area contributed by atoms with Crippen LogP contribution in [-0.4, -0.2) is 28.1 Å². The molecule has 2 bridgehead atoms. The smallest absolute Gasteiger partial charge is 0.230 e. The highest BCUT2D eigenvalue weighted by atomic mass is 35.5.